The second kappa shape index (κ2) is 7.05. The van der Waals surface area contributed by atoms with E-state index in [9.17, 15) is 0 Å². The van der Waals surface area contributed by atoms with Gasteiger partial charge in [0.1, 0.15) is 0 Å². The van der Waals surface area contributed by atoms with Gasteiger partial charge in [-0.3, -0.25) is 0 Å². The van der Waals surface area contributed by atoms with Crippen molar-refractivity contribution in [1.29, 1.82) is 0 Å². The zero-order chi connectivity index (χ0) is 5.54. The Morgan fingerprint density at radius 2 is 2.14 bits per heavy atom. The van der Waals surface area contributed by atoms with E-state index < -0.39 is 21.6 Å². The molecule has 0 aromatic rings. The summed E-state index contributed by atoms with van der Waals surface area (Å²) in [5.74, 6) is 0.749. The van der Waals surface area contributed by atoms with Crippen molar-refractivity contribution >= 4 is 33.2 Å². The maximum absolute atomic E-state index is 8.42. The molecule has 0 aliphatic carbocycles. The predicted molar refractivity (Wildman–Crippen MR) is 32.7 cm³/mol. The Morgan fingerprint density at radius 3 is 2.57 bits per heavy atom. The third kappa shape index (κ3) is 7.05. The molecular formula is C4H9ClOSn. The van der Waals surface area contributed by atoms with Crippen molar-refractivity contribution in [3.8, 4) is 0 Å². The monoisotopic (exact) mass is 228 g/mol. The van der Waals surface area contributed by atoms with Crippen LogP contribution in [0.2, 0.25) is 4.44 Å². The normalized spacial score (nSPS) is 9.43. The van der Waals surface area contributed by atoms with E-state index in [0.29, 0.717) is 0 Å². The fraction of sp³-hybridized carbons (Fsp3) is 1.00. The van der Waals surface area contributed by atoms with Gasteiger partial charge in [0.05, 0.1) is 0 Å². The summed E-state index contributed by atoms with van der Waals surface area (Å²) in [4.78, 5) is 0. The Bertz CT molecular complexity index is 30.9. The zero-order valence-corrected chi connectivity index (χ0v) is 7.76. The number of halogens is 1. The molecule has 7 heavy (non-hydrogen) atoms. The molecule has 0 bridgehead atoms. The van der Waals surface area contributed by atoms with Crippen molar-refractivity contribution < 1.29 is 3.44 Å². The van der Waals surface area contributed by atoms with Crippen molar-refractivity contribution in [2.75, 3.05) is 5.88 Å². The van der Waals surface area contributed by atoms with Crippen LogP contribution in [0.15, 0.2) is 0 Å². The van der Waals surface area contributed by atoms with Crippen LogP contribution in [0.4, 0.5) is 0 Å². The fourth-order valence-corrected chi connectivity index (χ4v) is 1.65. The molecule has 0 heterocycles. The summed E-state index contributed by atoms with van der Waals surface area (Å²) in [5, 5.41) is 0. The first-order chi connectivity index (χ1) is 3.41. The average molecular weight is 227 g/mol. The van der Waals surface area contributed by atoms with Crippen LogP contribution >= 0.6 is 11.6 Å². The van der Waals surface area contributed by atoms with Crippen molar-refractivity contribution in [3.63, 3.8) is 0 Å². The molecular weight excluding hydrogens is 218 g/mol. The van der Waals surface area contributed by atoms with Crippen LogP contribution in [-0.2, 0) is 0 Å². The van der Waals surface area contributed by atoms with Crippen molar-refractivity contribution in [2.45, 2.75) is 17.3 Å². The van der Waals surface area contributed by atoms with Gasteiger partial charge in [-0.05, 0) is 0 Å². The molecule has 0 atom stereocenters. The van der Waals surface area contributed by atoms with Gasteiger partial charge < -0.3 is 0 Å². The molecule has 0 aromatic carbocycles. The summed E-state index contributed by atoms with van der Waals surface area (Å²) in [7, 11) is 0. The number of alkyl halides is 1. The van der Waals surface area contributed by atoms with Gasteiger partial charge in [0.15, 0.2) is 0 Å². The van der Waals surface area contributed by atoms with Crippen LogP contribution in [0.25, 0.3) is 0 Å². The average Bonchev–Trinajstić information content (AvgIpc) is 1.69. The predicted octanol–water partition coefficient (Wildman–Crippen LogP) is 1.04. The van der Waals surface area contributed by atoms with Gasteiger partial charge in [-0.25, -0.2) is 0 Å². The van der Waals surface area contributed by atoms with E-state index >= 15 is 0 Å². The quantitative estimate of drug-likeness (QED) is 0.432. The van der Waals surface area contributed by atoms with E-state index in [-0.39, 0.29) is 0 Å². The Kier molecular flexibility index (Phi) is 8.10. The minimum absolute atomic E-state index is 0.749. The molecule has 0 saturated carbocycles. The third-order valence-corrected chi connectivity index (χ3v) is 2.59. The van der Waals surface area contributed by atoms with Crippen LogP contribution in [-0.4, -0.2) is 30.9 Å². The van der Waals surface area contributed by atoms with Gasteiger partial charge in [-0.15, -0.1) is 0 Å². The maximum atomic E-state index is 8.42. The summed E-state index contributed by atoms with van der Waals surface area (Å²) in [6.07, 6.45) is 2.20. The number of hydrogen-bond donors (Lipinski definition) is 1. The van der Waals surface area contributed by atoms with Crippen LogP contribution in [0.3, 0.4) is 0 Å². The molecule has 0 aliphatic rings. The number of rotatable bonds is 4. The van der Waals surface area contributed by atoms with Gasteiger partial charge in [-0.1, -0.05) is 0 Å². The summed E-state index contributed by atoms with van der Waals surface area (Å²) in [6.45, 7) is 0. The van der Waals surface area contributed by atoms with E-state index in [1.165, 1.54) is 0 Å². The van der Waals surface area contributed by atoms with Crippen LogP contribution in [0.1, 0.15) is 12.8 Å². The van der Waals surface area contributed by atoms with Gasteiger partial charge in [0.25, 0.3) is 0 Å². The Balaban J connectivity index is 2.45. The van der Waals surface area contributed by atoms with Crippen LogP contribution < -0.4 is 0 Å². The first-order valence-corrected chi connectivity index (χ1v) is 6.17. The topological polar surface area (TPSA) is 20.2 Å². The molecule has 0 saturated heterocycles. The van der Waals surface area contributed by atoms with Crippen molar-refractivity contribution in [3.05, 3.63) is 0 Å². The first kappa shape index (κ1) is 8.05. The van der Waals surface area contributed by atoms with Gasteiger partial charge in [0, 0.05) is 0 Å². The van der Waals surface area contributed by atoms with Crippen molar-refractivity contribution in [2.24, 2.45) is 0 Å². The molecule has 0 fully saturated rings. The standard InChI is InChI=1S/C4H8Cl.H2O.Sn/c1-2-3-4-5;;/h1-4H2;1H2;/q;;+1/p-1. The molecule has 1 N–H and O–H groups in total. The molecule has 0 spiro atoms. The molecule has 2 radical (unpaired) electrons. The summed E-state index contributed by atoms with van der Waals surface area (Å²) in [6, 6.07) is 0. The van der Waals surface area contributed by atoms with Crippen LogP contribution in [0.5, 0.6) is 0 Å². The second-order valence-electron chi connectivity index (χ2n) is 1.30. The zero-order valence-electron chi connectivity index (χ0n) is 4.15. The van der Waals surface area contributed by atoms with E-state index in [2.05, 4.69) is 0 Å². The second-order valence-corrected chi connectivity index (χ2v) is 4.01. The van der Waals surface area contributed by atoms with E-state index in [0.717, 1.165) is 23.2 Å². The molecule has 1 nitrogen and oxygen atoms in total. The Morgan fingerprint density at radius 1 is 1.43 bits per heavy atom. The minimum atomic E-state index is -0.882. The molecule has 0 amide bonds. The fourth-order valence-electron chi connectivity index (χ4n) is 0.299. The molecule has 0 aromatic heterocycles. The molecule has 0 unspecified atom stereocenters. The van der Waals surface area contributed by atoms with E-state index in [1.54, 1.807) is 0 Å². The number of hydrogen-bond acceptors (Lipinski definition) is 1. The molecule has 0 rings (SSSR count). The van der Waals surface area contributed by atoms with Gasteiger partial charge in [-0.2, -0.15) is 0 Å². The SMILES string of the molecule is [OH][Sn][CH2]CCCCl. The first-order valence-electron chi connectivity index (χ1n) is 2.34. The Labute approximate surface area is 59.8 Å². The van der Waals surface area contributed by atoms with Gasteiger partial charge in [0.2, 0.25) is 0 Å². The Hall–Kier alpha value is 1.05. The van der Waals surface area contributed by atoms with Gasteiger partial charge >= 0.3 is 59.8 Å². The summed E-state index contributed by atoms with van der Waals surface area (Å²) < 4.78 is 9.49. The number of unbranched alkanes of at least 4 members (excludes halogenated alkanes) is 1. The molecule has 3 heteroatoms. The van der Waals surface area contributed by atoms with Crippen molar-refractivity contribution in [1.82, 2.24) is 0 Å². The third-order valence-electron chi connectivity index (χ3n) is 0.672. The summed E-state index contributed by atoms with van der Waals surface area (Å²) in [5.41, 5.74) is 0. The summed E-state index contributed by atoms with van der Waals surface area (Å²) >= 11 is 4.49. The van der Waals surface area contributed by atoms with E-state index in [1.807, 2.05) is 0 Å². The van der Waals surface area contributed by atoms with E-state index in [4.69, 9.17) is 15.0 Å². The molecule has 0 aliphatic heterocycles. The van der Waals surface area contributed by atoms with Crippen LogP contribution in [0, 0.1) is 0 Å². The molecule has 42 valence electrons.